The molecule has 0 spiro atoms. The van der Waals surface area contributed by atoms with Gasteiger partial charge in [-0.3, -0.25) is 5.32 Å². The van der Waals surface area contributed by atoms with Gasteiger partial charge in [0.25, 0.3) is 0 Å². The van der Waals surface area contributed by atoms with Crippen molar-refractivity contribution in [2.45, 2.75) is 44.9 Å². The summed E-state index contributed by atoms with van der Waals surface area (Å²) in [6.45, 7) is 1.77. The smallest absolute Gasteiger partial charge is 0.323 e. The molecule has 1 saturated heterocycles. The maximum Gasteiger partial charge on any atom is 0.323 e. The summed E-state index contributed by atoms with van der Waals surface area (Å²) in [4.78, 5) is 19.9. The van der Waals surface area contributed by atoms with Gasteiger partial charge in [0.05, 0.1) is 5.69 Å². The maximum absolute atomic E-state index is 12.1. The molecule has 98 valence electrons. The number of hydrogen-bond acceptors (Lipinski definition) is 3. The van der Waals surface area contributed by atoms with Crippen LogP contribution in [0.25, 0.3) is 0 Å². The van der Waals surface area contributed by atoms with Crippen LogP contribution in [0.5, 0.6) is 0 Å². The van der Waals surface area contributed by atoms with E-state index >= 15 is 0 Å². The molecule has 4 nitrogen and oxygen atoms in total. The van der Waals surface area contributed by atoms with Gasteiger partial charge in [0.2, 0.25) is 0 Å². The fourth-order valence-electron chi connectivity index (χ4n) is 2.69. The third kappa shape index (κ3) is 2.51. The summed E-state index contributed by atoms with van der Waals surface area (Å²) in [7, 11) is 0. The van der Waals surface area contributed by atoms with E-state index in [1.807, 2.05) is 4.90 Å². The van der Waals surface area contributed by atoms with Gasteiger partial charge in [-0.25, -0.2) is 9.78 Å². The lowest BCUT2D eigenvalue weighted by atomic mass is 10.2. The number of aryl methyl sites for hydroxylation is 2. The van der Waals surface area contributed by atoms with Gasteiger partial charge in [0.15, 0.2) is 5.13 Å². The highest BCUT2D eigenvalue weighted by Crippen LogP contribution is 2.30. The summed E-state index contributed by atoms with van der Waals surface area (Å²) >= 11 is 1.65. The van der Waals surface area contributed by atoms with E-state index in [0.29, 0.717) is 0 Å². The molecular weight excluding hydrogens is 246 g/mol. The first-order valence-electron chi connectivity index (χ1n) is 6.87. The lowest BCUT2D eigenvalue weighted by Crippen LogP contribution is -2.35. The second-order valence-corrected chi connectivity index (χ2v) is 6.16. The van der Waals surface area contributed by atoms with E-state index in [1.165, 1.54) is 29.8 Å². The number of hydrogen-bond donors (Lipinski definition) is 1. The fraction of sp³-hybridized carbons (Fsp3) is 0.692. The molecule has 2 heterocycles. The molecule has 2 amide bonds. The molecule has 0 aromatic carbocycles. The van der Waals surface area contributed by atoms with Gasteiger partial charge in [-0.15, -0.1) is 11.3 Å². The minimum atomic E-state index is 0.0318. The number of nitrogens with one attached hydrogen (secondary N) is 1. The van der Waals surface area contributed by atoms with Crippen molar-refractivity contribution in [3.05, 3.63) is 10.6 Å². The van der Waals surface area contributed by atoms with E-state index in [4.69, 9.17) is 0 Å². The average molecular weight is 265 g/mol. The highest BCUT2D eigenvalue weighted by atomic mass is 32.1. The molecular formula is C13H19N3OS. The number of anilines is 1. The van der Waals surface area contributed by atoms with E-state index in [1.54, 1.807) is 11.3 Å². The van der Waals surface area contributed by atoms with Crippen molar-refractivity contribution in [3.8, 4) is 0 Å². The van der Waals surface area contributed by atoms with Crippen LogP contribution in [0.2, 0.25) is 0 Å². The minimum absolute atomic E-state index is 0.0318. The van der Waals surface area contributed by atoms with Crippen LogP contribution in [-0.2, 0) is 12.8 Å². The van der Waals surface area contributed by atoms with Crippen LogP contribution in [0.4, 0.5) is 9.93 Å². The van der Waals surface area contributed by atoms with Crippen molar-refractivity contribution in [3.63, 3.8) is 0 Å². The predicted molar refractivity (Wildman–Crippen MR) is 73.2 cm³/mol. The summed E-state index contributed by atoms with van der Waals surface area (Å²) < 4.78 is 0. The number of amides is 2. The number of aromatic nitrogens is 1. The molecule has 1 N–H and O–H groups in total. The fourth-order valence-corrected chi connectivity index (χ4v) is 3.73. The third-order valence-corrected chi connectivity index (χ3v) is 4.78. The molecule has 1 fully saturated rings. The van der Waals surface area contributed by atoms with Gasteiger partial charge >= 0.3 is 6.03 Å². The molecule has 1 aliphatic carbocycles. The molecule has 3 rings (SSSR count). The minimum Gasteiger partial charge on any atom is -0.324 e. The second kappa shape index (κ2) is 5.26. The number of likely N-dealkylation sites (tertiary alicyclic amines) is 1. The van der Waals surface area contributed by atoms with E-state index in [2.05, 4.69) is 10.3 Å². The standard InChI is InChI=1S/C13H19N3OS/c17-13(16-8-3-1-2-4-9-16)15-12-14-10-6-5-7-11(10)18-12/h1-9H2,(H,14,15,17). The van der Waals surface area contributed by atoms with Crippen LogP contribution in [-0.4, -0.2) is 29.0 Å². The molecule has 0 unspecified atom stereocenters. The molecule has 0 radical (unpaired) electrons. The number of carbonyl (C=O) groups excluding carboxylic acids is 1. The van der Waals surface area contributed by atoms with Gasteiger partial charge in [-0.1, -0.05) is 12.8 Å². The molecule has 18 heavy (non-hydrogen) atoms. The Morgan fingerprint density at radius 2 is 1.89 bits per heavy atom. The van der Waals surface area contributed by atoms with Crippen molar-refractivity contribution in [2.24, 2.45) is 0 Å². The lowest BCUT2D eigenvalue weighted by molar-refractivity contribution is 0.214. The molecule has 1 aromatic heterocycles. The Balaban J connectivity index is 1.62. The SMILES string of the molecule is O=C(Nc1nc2c(s1)CCC2)N1CCCCCC1. The quantitative estimate of drug-likeness (QED) is 0.848. The van der Waals surface area contributed by atoms with Gasteiger partial charge < -0.3 is 4.90 Å². The summed E-state index contributed by atoms with van der Waals surface area (Å²) in [6.07, 6.45) is 8.17. The first-order valence-corrected chi connectivity index (χ1v) is 7.69. The number of nitrogens with zero attached hydrogens (tertiary/aromatic N) is 2. The van der Waals surface area contributed by atoms with Gasteiger partial charge in [-0.05, 0) is 32.1 Å². The number of thiazole rings is 1. The summed E-state index contributed by atoms with van der Waals surface area (Å²) in [5.74, 6) is 0. The number of rotatable bonds is 1. The van der Waals surface area contributed by atoms with Crippen LogP contribution >= 0.6 is 11.3 Å². The zero-order valence-corrected chi connectivity index (χ0v) is 11.4. The summed E-state index contributed by atoms with van der Waals surface area (Å²) in [5.41, 5.74) is 1.20. The van der Waals surface area contributed by atoms with E-state index in [0.717, 1.165) is 43.9 Å². The molecule has 5 heteroatoms. The zero-order valence-electron chi connectivity index (χ0n) is 10.6. The van der Waals surface area contributed by atoms with Gasteiger partial charge in [-0.2, -0.15) is 0 Å². The molecule has 0 atom stereocenters. The van der Waals surface area contributed by atoms with Gasteiger partial charge in [0.1, 0.15) is 0 Å². The van der Waals surface area contributed by atoms with Crippen molar-refractivity contribution in [1.82, 2.24) is 9.88 Å². The molecule has 2 aliphatic rings. The number of fused-ring (bicyclic) bond motifs is 1. The third-order valence-electron chi connectivity index (χ3n) is 3.70. The van der Waals surface area contributed by atoms with E-state index < -0.39 is 0 Å². The number of carbonyl (C=O) groups is 1. The molecule has 0 saturated carbocycles. The lowest BCUT2D eigenvalue weighted by Gasteiger charge is -2.19. The van der Waals surface area contributed by atoms with Gasteiger partial charge in [0, 0.05) is 18.0 Å². The van der Waals surface area contributed by atoms with E-state index in [-0.39, 0.29) is 6.03 Å². The predicted octanol–water partition coefficient (Wildman–Crippen LogP) is 3.04. The Morgan fingerprint density at radius 3 is 2.61 bits per heavy atom. The summed E-state index contributed by atoms with van der Waals surface area (Å²) in [6, 6.07) is 0.0318. The molecule has 0 bridgehead atoms. The van der Waals surface area contributed by atoms with Crippen molar-refractivity contribution >= 4 is 22.5 Å². The highest BCUT2D eigenvalue weighted by Gasteiger charge is 2.20. The second-order valence-electron chi connectivity index (χ2n) is 5.07. The number of urea groups is 1. The first kappa shape index (κ1) is 12.0. The maximum atomic E-state index is 12.1. The Labute approximate surface area is 111 Å². The Bertz CT molecular complexity index is 414. The van der Waals surface area contributed by atoms with Crippen LogP contribution in [0.15, 0.2) is 0 Å². The average Bonchev–Trinajstić information content (AvgIpc) is 2.80. The summed E-state index contributed by atoms with van der Waals surface area (Å²) in [5, 5.41) is 3.75. The zero-order chi connectivity index (χ0) is 12.4. The van der Waals surface area contributed by atoms with Crippen molar-refractivity contribution < 1.29 is 4.79 Å². The molecule has 1 aliphatic heterocycles. The van der Waals surface area contributed by atoms with Crippen molar-refractivity contribution in [2.75, 3.05) is 18.4 Å². The van der Waals surface area contributed by atoms with Crippen LogP contribution in [0, 0.1) is 0 Å². The first-order chi connectivity index (χ1) is 8.83. The Morgan fingerprint density at radius 1 is 1.11 bits per heavy atom. The van der Waals surface area contributed by atoms with Crippen LogP contribution in [0.3, 0.4) is 0 Å². The van der Waals surface area contributed by atoms with Crippen molar-refractivity contribution in [1.29, 1.82) is 0 Å². The highest BCUT2D eigenvalue weighted by molar-refractivity contribution is 7.15. The van der Waals surface area contributed by atoms with E-state index in [9.17, 15) is 4.79 Å². The Hall–Kier alpha value is -1.10. The largest absolute Gasteiger partial charge is 0.324 e. The monoisotopic (exact) mass is 265 g/mol. The molecule has 1 aromatic rings. The topological polar surface area (TPSA) is 45.2 Å². The normalized spacial score (nSPS) is 19.4. The van der Waals surface area contributed by atoms with Crippen LogP contribution < -0.4 is 5.32 Å². The Kier molecular flexibility index (Phi) is 3.50. The van der Waals surface area contributed by atoms with Crippen LogP contribution in [0.1, 0.15) is 42.7 Å².